The van der Waals surface area contributed by atoms with Crippen molar-refractivity contribution in [1.29, 1.82) is 0 Å². The number of amides is 1. The Morgan fingerprint density at radius 3 is 2.68 bits per heavy atom. The van der Waals surface area contributed by atoms with Crippen molar-refractivity contribution in [2.24, 2.45) is 0 Å². The van der Waals surface area contributed by atoms with Crippen LogP contribution in [0.5, 0.6) is 5.75 Å². The second kappa shape index (κ2) is 7.29. The molecule has 1 aliphatic rings. The van der Waals surface area contributed by atoms with E-state index in [1.165, 1.54) is 17.0 Å². The molecule has 132 valence electrons. The molecule has 3 rings (SSSR count). The summed E-state index contributed by atoms with van der Waals surface area (Å²) in [5.41, 5.74) is 1.41. The molecular weight excluding hydrogens is 349 g/mol. The second-order valence-electron chi connectivity index (χ2n) is 5.80. The molecule has 2 aromatic rings. The second-order valence-corrected chi connectivity index (χ2v) is 6.21. The minimum atomic E-state index is -0.723. The van der Waals surface area contributed by atoms with Crippen LogP contribution in [0.2, 0.25) is 5.02 Å². The summed E-state index contributed by atoms with van der Waals surface area (Å²) >= 11 is 5.74. The minimum Gasteiger partial charge on any atom is -0.489 e. The van der Waals surface area contributed by atoms with E-state index >= 15 is 0 Å². The fraction of sp³-hybridized carbons (Fsp3) is 0.278. The number of nitrogens with zero attached hydrogens (tertiary/aromatic N) is 1. The molecule has 5 nitrogen and oxygen atoms in total. The van der Waals surface area contributed by atoms with Crippen LogP contribution in [0.3, 0.4) is 0 Å². The van der Waals surface area contributed by atoms with Crippen LogP contribution in [-0.2, 0) is 11.3 Å². The van der Waals surface area contributed by atoms with Crippen molar-refractivity contribution in [2.75, 3.05) is 11.4 Å². The Bertz CT molecular complexity index is 766. The molecule has 1 amide bonds. The maximum atomic E-state index is 13.1. The van der Waals surface area contributed by atoms with Gasteiger partial charge in [0, 0.05) is 5.69 Å². The number of rotatable bonds is 5. The van der Waals surface area contributed by atoms with Crippen LogP contribution >= 0.6 is 11.6 Å². The first kappa shape index (κ1) is 17.5. The zero-order chi connectivity index (χ0) is 18.0. The number of halogens is 2. The van der Waals surface area contributed by atoms with Crippen molar-refractivity contribution >= 4 is 23.4 Å². The third-order valence-electron chi connectivity index (χ3n) is 3.91. The molecule has 0 aromatic heterocycles. The van der Waals surface area contributed by atoms with E-state index in [0.717, 1.165) is 5.56 Å². The Morgan fingerprint density at radius 1 is 1.36 bits per heavy atom. The zero-order valence-corrected chi connectivity index (χ0v) is 14.2. The third-order valence-corrected chi connectivity index (χ3v) is 4.20. The van der Waals surface area contributed by atoms with E-state index in [-0.39, 0.29) is 11.6 Å². The van der Waals surface area contributed by atoms with E-state index < -0.39 is 24.1 Å². The van der Waals surface area contributed by atoms with Crippen LogP contribution in [-0.4, -0.2) is 30.0 Å². The number of anilines is 1. The van der Waals surface area contributed by atoms with Crippen molar-refractivity contribution in [3.63, 3.8) is 0 Å². The number of hydrogen-bond acceptors (Lipinski definition) is 4. The van der Waals surface area contributed by atoms with Gasteiger partial charge in [-0.2, -0.15) is 0 Å². The van der Waals surface area contributed by atoms with Crippen molar-refractivity contribution in [2.45, 2.75) is 25.7 Å². The minimum absolute atomic E-state index is 0.0525. The van der Waals surface area contributed by atoms with Crippen LogP contribution in [0.1, 0.15) is 12.5 Å². The topological polar surface area (TPSA) is 59.0 Å². The smallest absolute Gasteiger partial charge is 0.414 e. The first-order valence-corrected chi connectivity index (χ1v) is 8.15. The first-order valence-electron chi connectivity index (χ1n) is 7.77. The quantitative estimate of drug-likeness (QED) is 0.876. The van der Waals surface area contributed by atoms with Gasteiger partial charge in [-0.3, -0.25) is 4.90 Å². The lowest BCUT2D eigenvalue weighted by molar-refractivity contribution is 0.0437. The Labute approximate surface area is 149 Å². The summed E-state index contributed by atoms with van der Waals surface area (Å²) in [5, 5.41) is 9.59. The molecule has 1 saturated heterocycles. The summed E-state index contributed by atoms with van der Waals surface area (Å²) in [6.07, 6.45) is -1.74. The molecule has 1 fully saturated rings. The maximum Gasteiger partial charge on any atom is 0.414 e. The molecule has 0 bridgehead atoms. The van der Waals surface area contributed by atoms with E-state index in [2.05, 4.69) is 0 Å². The maximum absolute atomic E-state index is 13.1. The molecule has 0 aliphatic carbocycles. The van der Waals surface area contributed by atoms with Gasteiger partial charge in [0.2, 0.25) is 0 Å². The average Bonchev–Trinajstić information content (AvgIpc) is 2.99. The molecule has 2 atom stereocenters. The Morgan fingerprint density at radius 2 is 2.08 bits per heavy atom. The van der Waals surface area contributed by atoms with Crippen molar-refractivity contribution in [3.8, 4) is 5.75 Å². The number of aliphatic hydroxyl groups is 1. The number of carbonyl (C=O) groups is 1. The standard InChI is InChI=1S/C18H17ClFNO4/c1-11(22)17-9-21(18(23)25-17)13-3-5-14(6-4-13)24-10-12-2-7-16(20)15(19)8-12/h2-8,11,17,22H,9-10H2,1H3. The number of hydrogen-bond donors (Lipinski definition) is 1. The highest BCUT2D eigenvalue weighted by Crippen LogP contribution is 2.26. The molecule has 1 heterocycles. The lowest BCUT2D eigenvalue weighted by Crippen LogP contribution is -2.29. The van der Waals surface area contributed by atoms with Crippen LogP contribution in [0.25, 0.3) is 0 Å². The lowest BCUT2D eigenvalue weighted by Gasteiger charge is -2.14. The van der Waals surface area contributed by atoms with Gasteiger partial charge >= 0.3 is 6.09 Å². The van der Waals surface area contributed by atoms with Gasteiger partial charge in [-0.05, 0) is 48.9 Å². The van der Waals surface area contributed by atoms with Gasteiger partial charge < -0.3 is 14.6 Å². The molecule has 1 N–H and O–H groups in total. The molecule has 0 spiro atoms. The molecule has 1 aliphatic heterocycles. The van der Waals surface area contributed by atoms with Gasteiger partial charge in [-0.1, -0.05) is 17.7 Å². The predicted octanol–water partition coefficient (Wildman–Crippen LogP) is 3.76. The molecule has 7 heteroatoms. The van der Waals surface area contributed by atoms with Gasteiger partial charge in [0.1, 0.15) is 24.3 Å². The average molecular weight is 366 g/mol. The highest BCUT2D eigenvalue weighted by Gasteiger charge is 2.34. The zero-order valence-electron chi connectivity index (χ0n) is 13.5. The van der Waals surface area contributed by atoms with Crippen LogP contribution in [0, 0.1) is 5.82 Å². The van der Waals surface area contributed by atoms with Crippen LogP contribution in [0.15, 0.2) is 42.5 Å². The fourth-order valence-electron chi connectivity index (χ4n) is 2.47. The van der Waals surface area contributed by atoms with Crippen molar-refractivity contribution in [1.82, 2.24) is 0 Å². The Kier molecular flexibility index (Phi) is 5.11. The van der Waals surface area contributed by atoms with Crippen molar-refractivity contribution in [3.05, 3.63) is 58.9 Å². The van der Waals surface area contributed by atoms with Crippen LogP contribution in [0.4, 0.5) is 14.9 Å². The SMILES string of the molecule is CC(O)C1CN(c2ccc(OCc3ccc(F)c(Cl)c3)cc2)C(=O)O1. The van der Waals surface area contributed by atoms with E-state index in [0.29, 0.717) is 18.0 Å². The highest BCUT2D eigenvalue weighted by molar-refractivity contribution is 6.30. The summed E-state index contributed by atoms with van der Waals surface area (Å²) in [6, 6.07) is 11.3. The van der Waals surface area contributed by atoms with E-state index in [4.69, 9.17) is 21.1 Å². The number of aliphatic hydroxyl groups excluding tert-OH is 1. The Hall–Kier alpha value is -2.31. The Balaban J connectivity index is 1.62. The number of cyclic esters (lactones) is 1. The molecular formula is C18H17ClFNO4. The van der Waals surface area contributed by atoms with Gasteiger partial charge in [-0.15, -0.1) is 0 Å². The molecule has 0 saturated carbocycles. The molecule has 2 unspecified atom stereocenters. The van der Waals surface area contributed by atoms with Gasteiger partial charge in [0.15, 0.2) is 0 Å². The number of carbonyl (C=O) groups excluding carboxylic acids is 1. The van der Waals surface area contributed by atoms with E-state index in [1.54, 1.807) is 37.3 Å². The third kappa shape index (κ3) is 4.03. The largest absolute Gasteiger partial charge is 0.489 e. The first-order chi connectivity index (χ1) is 11.9. The van der Waals surface area contributed by atoms with Gasteiger partial charge in [0.25, 0.3) is 0 Å². The normalized spacial score (nSPS) is 18.2. The molecule has 0 radical (unpaired) electrons. The molecule has 25 heavy (non-hydrogen) atoms. The highest BCUT2D eigenvalue weighted by atomic mass is 35.5. The van der Waals surface area contributed by atoms with E-state index in [9.17, 15) is 14.3 Å². The summed E-state index contributed by atoms with van der Waals surface area (Å²) in [6.45, 7) is 2.13. The van der Waals surface area contributed by atoms with Gasteiger partial charge in [-0.25, -0.2) is 9.18 Å². The van der Waals surface area contributed by atoms with Gasteiger partial charge in [0.05, 0.1) is 17.7 Å². The monoisotopic (exact) mass is 365 g/mol. The van der Waals surface area contributed by atoms with Crippen molar-refractivity contribution < 1.29 is 23.8 Å². The summed E-state index contributed by atoms with van der Waals surface area (Å²) in [7, 11) is 0. The fourth-order valence-corrected chi connectivity index (χ4v) is 2.67. The van der Waals surface area contributed by atoms with Crippen LogP contribution < -0.4 is 9.64 Å². The summed E-state index contributed by atoms with van der Waals surface area (Å²) in [4.78, 5) is 13.3. The number of ether oxygens (including phenoxy) is 2. The number of benzene rings is 2. The summed E-state index contributed by atoms with van der Waals surface area (Å²) < 4.78 is 23.9. The predicted molar refractivity (Wildman–Crippen MR) is 91.5 cm³/mol. The molecule has 2 aromatic carbocycles. The lowest BCUT2D eigenvalue weighted by atomic mass is 10.2. The van der Waals surface area contributed by atoms with E-state index in [1.807, 2.05) is 0 Å². The summed E-state index contributed by atoms with van der Waals surface area (Å²) in [5.74, 6) is 0.131.